The summed E-state index contributed by atoms with van der Waals surface area (Å²) in [5.74, 6) is -1.22. The number of hydrogen-bond acceptors (Lipinski definition) is 8. The highest BCUT2D eigenvalue weighted by Crippen LogP contribution is 2.22. The minimum Gasteiger partial charge on any atom is -0.497 e. The Morgan fingerprint density at radius 1 is 1.11 bits per heavy atom. The van der Waals surface area contributed by atoms with Crippen LogP contribution in [0.2, 0.25) is 0 Å². The summed E-state index contributed by atoms with van der Waals surface area (Å²) in [6.45, 7) is -0.998. The van der Waals surface area contributed by atoms with E-state index in [9.17, 15) is 22.8 Å². The van der Waals surface area contributed by atoms with Gasteiger partial charge in [0.15, 0.2) is 16.4 Å². The van der Waals surface area contributed by atoms with Gasteiger partial charge in [0.25, 0.3) is 11.8 Å². The number of carbonyl (C=O) groups excluding carboxylic acids is 3. The minimum atomic E-state index is -3.11. The van der Waals surface area contributed by atoms with E-state index < -0.39 is 46.8 Å². The first-order chi connectivity index (χ1) is 13.2. The van der Waals surface area contributed by atoms with Gasteiger partial charge in [0.05, 0.1) is 25.7 Å². The van der Waals surface area contributed by atoms with Crippen LogP contribution < -0.4 is 20.1 Å². The summed E-state index contributed by atoms with van der Waals surface area (Å²) in [6.07, 6.45) is 0.335. The van der Waals surface area contributed by atoms with Gasteiger partial charge in [0.2, 0.25) is 0 Å². The average molecular weight is 414 g/mol. The largest absolute Gasteiger partial charge is 0.497 e. The number of nitrogens with one attached hydrogen (secondary N) is 2. The fourth-order valence-corrected chi connectivity index (χ4v) is 4.24. The Hall–Kier alpha value is -2.82. The Labute approximate surface area is 162 Å². The maximum absolute atomic E-state index is 12.1. The molecule has 0 bridgehead atoms. The van der Waals surface area contributed by atoms with Crippen LogP contribution >= 0.6 is 0 Å². The van der Waals surface area contributed by atoms with Crippen LogP contribution in [0.3, 0.4) is 0 Å². The van der Waals surface area contributed by atoms with Gasteiger partial charge < -0.3 is 24.8 Å². The maximum Gasteiger partial charge on any atom is 0.325 e. The second kappa shape index (κ2) is 9.40. The van der Waals surface area contributed by atoms with Crippen LogP contribution in [0.4, 0.5) is 0 Å². The van der Waals surface area contributed by atoms with Crippen molar-refractivity contribution in [3.63, 3.8) is 0 Å². The fourth-order valence-electron chi connectivity index (χ4n) is 2.57. The quantitative estimate of drug-likeness (QED) is 0.532. The van der Waals surface area contributed by atoms with Crippen molar-refractivity contribution in [2.75, 3.05) is 38.9 Å². The normalized spacial score (nSPS) is 17.4. The Kier molecular flexibility index (Phi) is 7.21. The molecule has 1 atom stereocenters. The van der Waals surface area contributed by atoms with Gasteiger partial charge in [0.1, 0.15) is 18.0 Å². The van der Waals surface area contributed by atoms with E-state index in [0.29, 0.717) is 17.9 Å². The molecule has 154 valence electrons. The van der Waals surface area contributed by atoms with Crippen LogP contribution in [-0.4, -0.2) is 71.1 Å². The zero-order chi connectivity index (χ0) is 20.7. The fraction of sp³-hybridized carbons (Fsp3) is 0.471. The molecule has 1 aromatic rings. The predicted octanol–water partition coefficient (Wildman–Crippen LogP) is -0.720. The van der Waals surface area contributed by atoms with Gasteiger partial charge in [-0.1, -0.05) is 0 Å². The Morgan fingerprint density at radius 2 is 1.75 bits per heavy atom. The monoisotopic (exact) mass is 414 g/mol. The molecule has 1 heterocycles. The summed E-state index contributed by atoms with van der Waals surface area (Å²) in [4.78, 5) is 35.6. The standard InChI is InChI=1S/C17H22N2O8S/c1-25-13-5-11(6-14(7-13)26-2)17(22)18-8-16(21)27-9-15(20)19-12-3-4-28(23,24)10-12/h5-7,12H,3-4,8-10H2,1-2H3,(H,18,22)(H,19,20). The van der Waals surface area contributed by atoms with Gasteiger partial charge in [-0.2, -0.15) is 0 Å². The van der Waals surface area contributed by atoms with E-state index in [1.165, 1.54) is 26.4 Å². The lowest BCUT2D eigenvalue weighted by atomic mass is 10.2. The zero-order valence-corrected chi connectivity index (χ0v) is 16.3. The molecule has 0 saturated carbocycles. The van der Waals surface area contributed by atoms with Crippen LogP contribution in [-0.2, 0) is 24.2 Å². The smallest absolute Gasteiger partial charge is 0.325 e. The molecule has 1 fully saturated rings. The second-order valence-electron chi connectivity index (χ2n) is 6.11. The van der Waals surface area contributed by atoms with E-state index in [1.54, 1.807) is 6.07 Å². The summed E-state index contributed by atoms with van der Waals surface area (Å²) < 4.78 is 37.6. The molecule has 1 aliphatic heterocycles. The first kappa shape index (κ1) is 21.5. The van der Waals surface area contributed by atoms with Gasteiger partial charge in [-0.25, -0.2) is 8.42 Å². The zero-order valence-electron chi connectivity index (χ0n) is 15.5. The molecule has 1 saturated heterocycles. The summed E-state index contributed by atoms with van der Waals surface area (Å²) >= 11 is 0. The van der Waals surface area contributed by atoms with Crippen molar-refractivity contribution < 1.29 is 37.0 Å². The van der Waals surface area contributed by atoms with E-state index in [4.69, 9.17) is 14.2 Å². The van der Waals surface area contributed by atoms with Crippen molar-refractivity contribution in [1.29, 1.82) is 0 Å². The van der Waals surface area contributed by atoms with Crippen molar-refractivity contribution in [1.82, 2.24) is 10.6 Å². The molecular formula is C17H22N2O8S. The molecule has 0 radical (unpaired) electrons. The number of amides is 2. The number of methoxy groups -OCH3 is 2. The first-order valence-corrected chi connectivity index (χ1v) is 10.2. The topological polar surface area (TPSA) is 137 Å². The number of esters is 1. The highest BCUT2D eigenvalue weighted by Gasteiger charge is 2.29. The Morgan fingerprint density at radius 3 is 2.29 bits per heavy atom. The molecule has 11 heteroatoms. The highest BCUT2D eigenvalue weighted by atomic mass is 32.2. The maximum atomic E-state index is 12.1. The molecule has 1 aromatic carbocycles. The lowest BCUT2D eigenvalue weighted by Gasteiger charge is -2.11. The van der Waals surface area contributed by atoms with Crippen molar-refractivity contribution in [3.05, 3.63) is 23.8 Å². The van der Waals surface area contributed by atoms with Crippen LogP contribution in [0.5, 0.6) is 11.5 Å². The molecule has 1 aliphatic rings. The lowest BCUT2D eigenvalue weighted by molar-refractivity contribution is -0.147. The molecule has 0 aliphatic carbocycles. The summed E-state index contributed by atoms with van der Waals surface area (Å²) in [6, 6.07) is 4.08. The van der Waals surface area contributed by atoms with Crippen LogP contribution in [0.15, 0.2) is 18.2 Å². The molecule has 2 rings (SSSR count). The third-order valence-electron chi connectivity index (χ3n) is 3.97. The van der Waals surface area contributed by atoms with E-state index in [-0.39, 0.29) is 17.1 Å². The number of sulfone groups is 1. The van der Waals surface area contributed by atoms with Crippen molar-refractivity contribution in [2.45, 2.75) is 12.5 Å². The molecule has 0 aromatic heterocycles. The second-order valence-corrected chi connectivity index (χ2v) is 8.34. The molecule has 28 heavy (non-hydrogen) atoms. The van der Waals surface area contributed by atoms with E-state index in [2.05, 4.69) is 10.6 Å². The first-order valence-electron chi connectivity index (χ1n) is 8.39. The minimum absolute atomic E-state index is 0.0266. The van der Waals surface area contributed by atoms with E-state index in [0.717, 1.165) is 0 Å². The Balaban J connectivity index is 1.76. The van der Waals surface area contributed by atoms with Gasteiger partial charge >= 0.3 is 5.97 Å². The van der Waals surface area contributed by atoms with E-state index >= 15 is 0 Å². The van der Waals surface area contributed by atoms with Crippen LogP contribution in [0.25, 0.3) is 0 Å². The molecule has 10 nitrogen and oxygen atoms in total. The number of hydrogen-bond donors (Lipinski definition) is 2. The number of benzene rings is 1. The lowest BCUT2D eigenvalue weighted by Crippen LogP contribution is -2.39. The van der Waals surface area contributed by atoms with Gasteiger partial charge in [-0.15, -0.1) is 0 Å². The van der Waals surface area contributed by atoms with Gasteiger partial charge in [0, 0.05) is 17.7 Å². The number of carbonyl (C=O) groups is 3. The summed E-state index contributed by atoms with van der Waals surface area (Å²) in [5.41, 5.74) is 0.226. The Bertz CT molecular complexity index is 830. The number of rotatable bonds is 8. The van der Waals surface area contributed by atoms with E-state index in [1.807, 2.05) is 0 Å². The molecule has 2 amide bonds. The predicted molar refractivity (Wildman–Crippen MR) is 98.0 cm³/mol. The molecule has 1 unspecified atom stereocenters. The van der Waals surface area contributed by atoms with Gasteiger partial charge in [-0.3, -0.25) is 14.4 Å². The van der Waals surface area contributed by atoms with Crippen LogP contribution in [0, 0.1) is 0 Å². The average Bonchev–Trinajstić information content (AvgIpc) is 3.01. The summed E-state index contributed by atoms with van der Waals surface area (Å²) in [7, 11) is -0.226. The van der Waals surface area contributed by atoms with Crippen LogP contribution in [0.1, 0.15) is 16.8 Å². The number of ether oxygens (including phenoxy) is 3. The van der Waals surface area contributed by atoms with Gasteiger partial charge in [-0.05, 0) is 18.6 Å². The van der Waals surface area contributed by atoms with Crippen molar-refractivity contribution >= 4 is 27.6 Å². The SMILES string of the molecule is COc1cc(OC)cc(C(=O)NCC(=O)OCC(=O)NC2CCS(=O)(=O)C2)c1. The molecule has 0 spiro atoms. The third-order valence-corrected chi connectivity index (χ3v) is 5.74. The molecule has 2 N–H and O–H groups in total. The highest BCUT2D eigenvalue weighted by molar-refractivity contribution is 7.91. The van der Waals surface area contributed by atoms with Crippen molar-refractivity contribution in [2.24, 2.45) is 0 Å². The molecular weight excluding hydrogens is 392 g/mol. The summed E-state index contributed by atoms with van der Waals surface area (Å²) in [5, 5.41) is 4.87. The van der Waals surface area contributed by atoms with Crippen molar-refractivity contribution in [3.8, 4) is 11.5 Å². The third kappa shape index (κ3) is 6.41.